The minimum atomic E-state index is -0.342. The van der Waals surface area contributed by atoms with Crippen LogP contribution in [0.25, 0.3) is 0 Å². The molecule has 126 valence electrons. The highest BCUT2D eigenvalue weighted by molar-refractivity contribution is 5.78. The van der Waals surface area contributed by atoms with Gasteiger partial charge in [0.25, 0.3) is 0 Å². The second-order valence-electron chi connectivity index (χ2n) is 7.22. The van der Waals surface area contributed by atoms with Crippen molar-refractivity contribution in [3.05, 3.63) is 29.8 Å². The highest BCUT2D eigenvalue weighted by atomic mass is 16.1. The third kappa shape index (κ3) is 4.34. The van der Waals surface area contributed by atoms with E-state index in [1.54, 1.807) is 0 Å². The van der Waals surface area contributed by atoms with Crippen molar-refractivity contribution in [3.8, 4) is 0 Å². The first kappa shape index (κ1) is 17.5. The number of hydrogen-bond acceptors (Lipinski definition) is 2. The number of nitrogens with zero attached hydrogens (tertiary/aromatic N) is 1. The topological polar surface area (TPSA) is 63.4 Å². The van der Waals surface area contributed by atoms with E-state index >= 15 is 0 Å². The quantitative estimate of drug-likeness (QED) is 0.820. The maximum absolute atomic E-state index is 11.8. The first-order chi connectivity index (χ1) is 10.9. The summed E-state index contributed by atoms with van der Waals surface area (Å²) >= 11 is 0. The van der Waals surface area contributed by atoms with Gasteiger partial charge in [0.05, 0.1) is 6.42 Å². The van der Waals surface area contributed by atoms with Gasteiger partial charge in [-0.2, -0.15) is 0 Å². The van der Waals surface area contributed by atoms with E-state index in [-0.39, 0.29) is 18.4 Å². The molecular weight excluding hydrogens is 288 g/mol. The Kier molecular flexibility index (Phi) is 5.80. The molecule has 4 nitrogen and oxygen atoms in total. The van der Waals surface area contributed by atoms with Gasteiger partial charge in [-0.05, 0) is 48.3 Å². The summed E-state index contributed by atoms with van der Waals surface area (Å²) in [6.45, 7) is 6.75. The zero-order chi connectivity index (χ0) is 17.0. The van der Waals surface area contributed by atoms with Crippen LogP contribution in [0.15, 0.2) is 24.3 Å². The van der Waals surface area contributed by atoms with Gasteiger partial charge in [0.2, 0.25) is 12.3 Å². The Morgan fingerprint density at radius 1 is 1.30 bits per heavy atom. The first-order valence-corrected chi connectivity index (χ1v) is 8.53. The maximum atomic E-state index is 11.8. The largest absolute Gasteiger partial charge is 0.369 e. The number of carbonyl (C=O) groups excluding carboxylic acids is 2. The summed E-state index contributed by atoms with van der Waals surface area (Å²) in [7, 11) is 0. The molecule has 0 radical (unpaired) electrons. The molecule has 3 atom stereocenters. The van der Waals surface area contributed by atoms with Gasteiger partial charge >= 0.3 is 0 Å². The molecule has 0 saturated heterocycles. The molecule has 1 fully saturated rings. The highest BCUT2D eigenvalue weighted by Gasteiger charge is 2.34. The number of hydrogen-bond donors (Lipinski definition) is 1. The average Bonchev–Trinajstić information content (AvgIpc) is 2.49. The van der Waals surface area contributed by atoms with Gasteiger partial charge in [-0.3, -0.25) is 9.59 Å². The monoisotopic (exact) mass is 316 g/mol. The zero-order valence-electron chi connectivity index (χ0n) is 14.4. The Labute approximate surface area is 139 Å². The lowest BCUT2D eigenvalue weighted by atomic mass is 9.73. The number of carbonyl (C=O) groups is 2. The van der Waals surface area contributed by atoms with E-state index in [0.29, 0.717) is 17.8 Å². The van der Waals surface area contributed by atoms with Crippen LogP contribution in [0.3, 0.4) is 0 Å². The summed E-state index contributed by atoms with van der Waals surface area (Å²) in [6.07, 6.45) is 4.65. The number of benzene rings is 1. The van der Waals surface area contributed by atoms with Crippen molar-refractivity contribution in [2.45, 2.75) is 52.5 Å². The van der Waals surface area contributed by atoms with Crippen LogP contribution in [-0.2, 0) is 16.0 Å². The Morgan fingerprint density at radius 3 is 2.48 bits per heavy atom. The van der Waals surface area contributed by atoms with Crippen LogP contribution in [-0.4, -0.2) is 18.4 Å². The summed E-state index contributed by atoms with van der Waals surface area (Å²) in [5.74, 6) is 1.39. The molecule has 1 aromatic rings. The smallest absolute Gasteiger partial charge is 0.221 e. The van der Waals surface area contributed by atoms with E-state index in [2.05, 4.69) is 20.8 Å². The van der Waals surface area contributed by atoms with Crippen LogP contribution in [0.4, 0.5) is 5.69 Å². The molecule has 1 aliphatic rings. The Morgan fingerprint density at radius 2 is 1.96 bits per heavy atom. The molecule has 0 bridgehead atoms. The molecule has 0 heterocycles. The Bertz CT molecular complexity index is 539. The molecule has 0 spiro atoms. The second kappa shape index (κ2) is 7.62. The van der Waals surface area contributed by atoms with Gasteiger partial charge in [0.1, 0.15) is 0 Å². The zero-order valence-corrected chi connectivity index (χ0v) is 14.4. The fourth-order valence-electron chi connectivity index (χ4n) is 3.79. The van der Waals surface area contributed by atoms with Crippen molar-refractivity contribution >= 4 is 18.0 Å². The van der Waals surface area contributed by atoms with E-state index in [1.807, 2.05) is 29.2 Å². The second-order valence-corrected chi connectivity index (χ2v) is 7.22. The normalized spacial score (nSPS) is 24.4. The first-order valence-electron chi connectivity index (χ1n) is 8.53. The van der Waals surface area contributed by atoms with Crippen LogP contribution in [0, 0.1) is 17.8 Å². The predicted molar refractivity (Wildman–Crippen MR) is 93.0 cm³/mol. The summed E-state index contributed by atoms with van der Waals surface area (Å²) in [5.41, 5.74) is 7.01. The Balaban J connectivity index is 2.22. The fourth-order valence-corrected chi connectivity index (χ4v) is 3.79. The minimum absolute atomic E-state index is 0.233. The van der Waals surface area contributed by atoms with E-state index in [4.69, 9.17) is 5.73 Å². The SMILES string of the molecule is CC(C)[C@@H]1CC[C@H](C)C[C@@H]1N(C=O)c1ccc(CC(N)=O)cc1. The molecule has 2 rings (SSSR count). The molecule has 1 aliphatic carbocycles. The number of nitrogens with two attached hydrogens (primary N) is 1. The lowest BCUT2D eigenvalue weighted by Crippen LogP contribution is -2.45. The van der Waals surface area contributed by atoms with Crippen molar-refractivity contribution < 1.29 is 9.59 Å². The van der Waals surface area contributed by atoms with Crippen molar-refractivity contribution in [3.63, 3.8) is 0 Å². The van der Waals surface area contributed by atoms with E-state index in [0.717, 1.165) is 24.1 Å². The molecule has 1 saturated carbocycles. The summed E-state index contributed by atoms with van der Waals surface area (Å²) in [6, 6.07) is 7.85. The molecule has 0 aliphatic heterocycles. The van der Waals surface area contributed by atoms with Gasteiger partial charge in [-0.25, -0.2) is 0 Å². The van der Waals surface area contributed by atoms with E-state index in [9.17, 15) is 9.59 Å². The molecular formula is C19H28N2O2. The number of primary amides is 1. The third-order valence-electron chi connectivity index (χ3n) is 5.07. The fraction of sp³-hybridized carbons (Fsp3) is 0.579. The molecule has 0 unspecified atom stereocenters. The van der Waals surface area contributed by atoms with Crippen molar-refractivity contribution in [2.24, 2.45) is 23.5 Å². The van der Waals surface area contributed by atoms with Crippen LogP contribution in [0.5, 0.6) is 0 Å². The van der Waals surface area contributed by atoms with Crippen LogP contribution in [0.2, 0.25) is 0 Å². The van der Waals surface area contributed by atoms with Gasteiger partial charge in [0.15, 0.2) is 0 Å². The van der Waals surface area contributed by atoms with E-state index < -0.39 is 0 Å². The van der Waals surface area contributed by atoms with Crippen LogP contribution >= 0.6 is 0 Å². The molecule has 2 N–H and O–H groups in total. The van der Waals surface area contributed by atoms with Gasteiger partial charge < -0.3 is 10.6 Å². The van der Waals surface area contributed by atoms with Crippen molar-refractivity contribution in [1.82, 2.24) is 0 Å². The van der Waals surface area contributed by atoms with Gasteiger partial charge in [0, 0.05) is 11.7 Å². The number of anilines is 1. The summed E-state index contributed by atoms with van der Waals surface area (Å²) in [5, 5.41) is 0. The van der Waals surface area contributed by atoms with Gasteiger partial charge in [-0.15, -0.1) is 0 Å². The molecule has 0 aromatic heterocycles. The predicted octanol–water partition coefficient (Wildman–Crippen LogP) is 3.14. The number of amides is 2. The lowest BCUT2D eigenvalue weighted by molar-refractivity contribution is -0.117. The highest BCUT2D eigenvalue weighted by Crippen LogP contribution is 2.37. The maximum Gasteiger partial charge on any atom is 0.221 e. The van der Waals surface area contributed by atoms with Gasteiger partial charge in [-0.1, -0.05) is 39.3 Å². The van der Waals surface area contributed by atoms with Crippen LogP contribution in [0.1, 0.15) is 45.6 Å². The lowest BCUT2D eigenvalue weighted by Gasteiger charge is -2.42. The standard InChI is InChI=1S/C19H28N2O2/c1-13(2)17-9-4-14(3)10-18(17)21(12-22)16-7-5-15(6-8-16)11-19(20)23/h5-8,12-14,17-18H,4,9-11H2,1-3H3,(H2,20,23)/t14-,17-,18-/m0/s1. The van der Waals surface area contributed by atoms with Crippen molar-refractivity contribution in [1.29, 1.82) is 0 Å². The molecule has 2 amide bonds. The average molecular weight is 316 g/mol. The summed E-state index contributed by atoms with van der Waals surface area (Å²) < 4.78 is 0. The third-order valence-corrected chi connectivity index (χ3v) is 5.07. The molecule has 1 aromatic carbocycles. The van der Waals surface area contributed by atoms with E-state index in [1.165, 1.54) is 12.8 Å². The molecule has 23 heavy (non-hydrogen) atoms. The molecule has 4 heteroatoms. The Hall–Kier alpha value is -1.84. The summed E-state index contributed by atoms with van der Waals surface area (Å²) in [4.78, 5) is 24.7. The minimum Gasteiger partial charge on any atom is -0.369 e. The van der Waals surface area contributed by atoms with Crippen LogP contribution < -0.4 is 10.6 Å². The number of rotatable bonds is 6. The van der Waals surface area contributed by atoms with Crippen molar-refractivity contribution in [2.75, 3.05) is 4.90 Å².